The molecule has 3 aromatic rings. The number of aryl methyl sites for hydroxylation is 1. The van der Waals surface area contributed by atoms with Crippen LogP contribution in [0.15, 0.2) is 41.5 Å². The Morgan fingerprint density at radius 2 is 1.84 bits per heavy atom. The number of aromatic nitrogens is 3. The molecule has 2 N–H and O–H groups in total. The fourth-order valence-electron chi connectivity index (χ4n) is 4.73. The molecule has 0 aromatic carbocycles. The van der Waals surface area contributed by atoms with Gasteiger partial charge in [0.25, 0.3) is 11.5 Å². The summed E-state index contributed by atoms with van der Waals surface area (Å²) in [7, 11) is -2.00. The van der Waals surface area contributed by atoms with Crippen molar-refractivity contribution in [2.75, 3.05) is 55.7 Å². The van der Waals surface area contributed by atoms with E-state index in [0.717, 1.165) is 60.6 Å². The standard InChI is InChI=1S/C26H33N7O3S/c1-3-20-15-23-24(29-25(20)34)14-19(16-27-23)18-31-6-8-32(9-7-31)21-4-5-22(28-17-21)26(35)30-33-10-12-37(2,36)13-11-33/h4-5,14-17H,2-3,6-13,18H2,1H3,(H,29,34)(H,30,35). The number of nitrogens with zero attached hydrogens (tertiary/aromatic N) is 5. The summed E-state index contributed by atoms with van der Waals surface area (Å²) >= 11 is 0. The highest BCUT2D eigenvalue weighted by Gasteiger charge is 2.21. The van der Waals surface area contributed by atoms with E-state index in [4.69, 9.17) is 0 Å². The molecule has 0 saturated carbocycles. The second-order valence-electron chi connectivity index (χ2n) is 9.72. The van der Waals surface area contributed by atoms with Crippen molar-refractivity contribution in [2.24, 2.45) is 0 Å². The number of carbonyl (C=O) groups excluding carboxylic acids is 1. The molecule has 0 spiro atoms. The Balaban J connectivity index is 1.14. The van der Waals surface area contributed by atoms with Crippen LogP contribution in [0.1, 0.15) is 28.5 Å². The van der Waals surface area contributed by atoms with Gasteiger partial charge in [0.1, 0.15) is 5.69 Å². The van der Waals surface area contributed by atoms with Crippen LogP contribution in [0.5, 0.6) is 0 Å². The summed E-state index contributed by atoms with van der Waals surface area (Å²) in [5.41, 5.74) is 7.57. The maximum absolute atomic E-state index is 12.6. The SMILES string of the molecule is C=S1(=O)CCN(NC(=O)c2ccc(N3CCN(Cc4cnc5cc(CC)c(=O)[nH]c5c4)CC3)cn2)CC1. The van der Waals surface area contributed by atoms with Gasteiger partial charge in [-0.3, -0.25) is 29.1 Å². The minimum atomic E-state index is -2.00. The van der Waals surface area contributed by atoms with E-state index >= 15 is 0 Å². The predicted molar refractivity (Wildman–Crippen MR) is 148 cm³/mol. The molecule has 5 heterocycles. The normalized spacial score (nSPS) is 18.7. The molecule has 0 atom stereocenters. The second-order valence-corrected chi connectivity index (χ2v) is 12.5. The van der Waals surface area contributed by atoms with Crippen molar-refractivity contribution in [3.63, 3.8) is 0 Å². The highest BCUT2D eigenvalue weighted by atomic mass is 32.2. The molecule has 10 nitrogen and oxygen atoms in total. The van der Waals surface area contributed by atoms with Gasteiger partial charge in [-0.1, -0.05) is 6.92 Å². The number of nitrogens with one attached hydrogen (secondary N) is 2. The third kappa shape index (κ3) is 6.00. The smallest absolute Gasteiger partial charge is 0.284 e. The van der Waals surface area contributed by atoms with E-state index in [0.29, 0.717) is 36.7 Å². The highest BCUT2D eigenvalue weighted by molar-refractivity contribution is 8.00. The Bertz CT molecular complexity index is 1430. The van der Waals surface area contributed by atoms with Crippen molar-refractivity contribution in [2.45, 2.75) is 19.9 Å². The summed E-state index contributed by atoms with van der Waals surface area (Å²) in [5.74, 6) is 4.47. The van der Waals surface area contributed by atoms with Crippen molar-refractivity contribution >= 4 is 38.0 Å². The molecule has 3 aromatic heterocycles. The number of pyridine rings is 3. The molecule has 2 saturated heterocycles. The van der Waals surface area contributed by atoms with Gasteiger partial charge >= 0.3 is 0 Å². The van der Waals surface area contributed by atoms with Gasteiger partial charge in [0, 0.05) is 69.1 Å². The van der Waals surface area contributed by atoms with Gasteiger partial charge in [-0.2, -0.15) is 0 Å². The number of H-pyrrole nitrogens is 1. The van der Waals surface area contributed by atoms with Crippen LogP contribution in [0.2, 0.25) is 0 Å². The lowest BCUT2D eigenvalue weighted by Gasteiger charge is -2.36. The van der Waals surface area contributed by atoms with Gasteiger partial charge in [0.15, 0.2) is 0 Å². The van der Waals surface area contributed by atoms with Crippen LogP contribution in [0, 0.1) is 0 Å². The van der Waals surface area contributed by atoms with Gasteiger partial charge in [-0.05, 0) is 51.6 Å². The van der Waals surface area contributed by atoms with Crippen molar-refractivity contribution in [1.82, 2.24) is 30.3 Å². The number of hydrogen-bond donors (Lipinski definition) is 2. The molecule has 11 heteroatoms. The van der Waals surface area contributed by atoms with Crippen molar-refractivity contribution in [3.05, 3.63) is 63.8 Å². The van der Waals surface area contributed by atoms with Crippen LogP contribution in [0.4, 0.5) is 5.69 Å². The van der Waals surface area contributed by atoms with Crippen LogP contribution in [-0.4, -0.2) is 91.6 Å². The van der Waals surface area contributed by atoms with Crippen LogP contribution in [0.25, 0.3) is 11.0 Å². The number of aromatic amines is 1. The maximum atomic E-state index is 12.6. The number of amides is 1. The zero-order chi connectivity index (χ0) is 26.0. The Labute approximate surface area is 216 Å². The van der Waals surface area contributed by atoms with E-state index in [-0.39, 0.29) is 11.5 Å². The topological polar surface area (TPSA) is 115 Å². The lowest BCUT2D eigenvalue weighted by atomic mass is 10.1. The number of fused-ring (bicyclic) bond motifs is 1. The van der Waals surface area contributed by atoms with Crippen LogP contribution in [-0.2, 0) is 22.5 Å². The minimum absolute atomic E-state index is 0.0450. The van der Waals surface area contributed by atoms with Crippen LogP contribution < -0.4 is 15.9 Å². The number of anilines is 1. The third-order valence-electron chi connectivity index (χ3n) is 7.06. The van der Waals surface area contributed by atoms with Gasteiger partial charge in [0.05, 0.1) is 22.9 Å². The number of piperazine rings is 1. The molecule has 0 radical (unpaired) electrons. The first kappa shape index (κ1) is 25.4. The average Bonchev–Trinajstić information content (AvgIpc) is 2.90. The molecular weight excluding hydrogens is 490 g/mol. The molecule has 5 rings (SSSR count). The zero-order valence-corrected chi connectivity index (χ0v) is 21.9. The third-order valence-corrected chi connectivity index (χ3v) is 8.91. The lowest BCUT2D eigenvalue weighted by molar-refractivity contribution is 0.0798. The first-order valence-corrected chi connectivity index (χ1v) is 14.7. The number of carbonyl (C=O) groups is 1. The fraction of sp³-hybridized carbons (Fsp3) is 0.423. The summed E-state index contributed by atoms with van der Waals surface area (Å²) in [4.78, 5) is 41.3. The Hall–Kier alpha value is -3.28. The van der Waals surface area contributed by atoms with E-state index in [1.165, 1.54) is 0 Å². The quantitative estimate of drug-likeness (QED) is 0.458. The van der Waals surface area contributed by atoms with Gasteiger partial charge in [0.2, 0.25) is 0 Å². The molecular formula is C26H33N7O3S. The Morgan fingerprint density at radius 1 is 1.08 bits per heavy atom. The molecule has 0 unspecified atom stereocenters. The largest absolute Gasteiger partial charge is 0.368 e. The molecule has 37 heavy (non-hydrogen) atoms. The van der Waals surface area contributed by atoms with Crippen molar-refractivity contribution in [1.29, 1.82) is 0 Å². The Morgan fingerprint density at radius 3 is 2.51 bits per heavy atom. The summed E-state index contributed by atoms with van der Waals surface area (Å²) in [6.45, 7) is 7.27. The Kier molecular flexibility index (Phi) is 7.27. The zero-order valence-electron chi connectivity index (χ0n) is 21.1. The molecule has 2 fully saturated rings. The van der Waals surface area contributed by atoms with Crippen molar-refractivity contribution < 1.29 is 9.00 Å². The summed E-state index contributed by atoms with van der Waals surface area (Å²) in [6.07, 6.45) is 4.32. The molecule has 196 valence electrons. The van der Waals surface area contributed by atoms with E-state index in [1.54, 1.807) is 17.3 Å². The minimum Gasteiger partial charge on any atom is -0.368 e. The van der Waals surface area contributed by atoms with Gasteiger partial charge < -0.3 is 9.88 Å². The highest BCUT2D eigenvalue weighted by Crippen LogP contribution is 2.18. The first-order valence-electron chi connectivity index (χ1n) is 12.6. The number of rotatable bonds is 6. The summed E-state index contributed by atoms with van der Waals surface area (Å²) in [5, 5.41) is 1.79. The molecule has 2 aliphatic heterocycles. The van der Waals surface area contributed by atoms with Crippen molar-refractivity contribution in [3.8, 4) is 0 Å². The number of hydrogen-bond acceptors (Lipinski definition) is 8. The van der Waals surface area contributed by atoms with Crippen LogP contribution in [0.3, 0.4) is 0 Å². The predicted octanol–water partition coefficient (Wildman–Crippen LogP) is 0.880. The van der Waals surface area contributed by atoms with E-state index < -0.39 is 9.52 Å². The fourth-order valence-corrected chi connectivity index (χ4v) is 6.04. The summed E-state index contributed by atoms with van der Waals surface area (Å²) in [6, 6.07) is 7.57. The van der Waals surface area contributed by atoms with E-state index in [9.17, 15) is 13.8 Å². The molecule has 1 amide bonds. The first-order chi connectivity index (χ1) is 17.8. The summed E-state index contributed by atoms with van der Waals surface area (Å²) < 4.78 is 12.0. The maximum Gasteiger partial charge on any atom is 0.284 e. The van der Waals surface area contributed by atoms with Gasteiger partial charge in [-0.25, -0.2) is 9.99 Å². The molecule has 0 bridgehead atoms. The average molecular weight is 524 g/mol. The monoisotopic (exact) mass is 523 g/mol. The number of hydrazine groups is 1. The molecule has 0 aliphatic carbocycles. The lowest BCUT2D eigenvalue weighted by Crippen LogP contribution is -2.50. The molecule has 2 aliphatic rings. The van der Waals surface area contributed by atoms with E-state index in [2.05, 4.69) is 36.0 Å². The second kappa shape index (κ2) is 10.6. The van der Waals surface area contributed by atoms with E-state index in [1.807, 2.05) is 31.3 Å². The van der Waals surface area contributed by atoms with Gasteiger partial charge in [-0.15, -0.1) is 0 Å². The van der Waals surface area contributed by atoms with Crippen LogP contribution >= 0.6 is 0 Å².